The number of hydrogen-bond acceptors (Lipinski definition) is 3. The molecular formula is C6H4FNO3. The van der Waals surface area contributed by atoms with Crippen LogP contribution in [0.1, 0.15) is 10.5 Å². The second kappa shape index (κ2) is 2.53. The van der Waals surface area contributed by atoms with Crippen molar-refractivity contribution < 1.29 is 19.4 Å². The van der Waals surface area contributed by atoms with Gasteiger partial charge >= 0.3 is 5.97 Å². The molecule has 1 heterocycles. The van der Waals surface area contributed by atoms with E-state index in [9.17, 15) is 9.18 Å². The zero-order valence-corrected chi connectivity index (χ0v) is 5.28. The molecule has 11 heavy (non-hydrogen) atoms. The van der Waals surface area contributed by atoms with Gasteiger partial charge < -0.3 is 10.2 Å². The molecule has 0 saturated carbocycles. The molecule has 5 heteroatoms. The highest BCUT2D eigenvalue weighted by atomic mass is 19.1. The largest absolute Gasteiger partial charge is 0.503 e. The Balaban J connectivity index is 3.27. The molecule has 0 radical (unpaired) electrons. The first-order chi connectivity index (χ1) is 5.13. The van der Waals surface area contributed by atoms with E-state index in [0.717, 1.165) is 12.3 Å². The zero-order valence-electron chi connectivity index (χ0n) is 5.28. The fourth-order valence-electron chi connectivity index (χ4n) is 0.587. The lowest BCUT2D eigenvalue weighted by molar-refractivity contribution is 0.0686. The van der Waals surface area contributed by atoms with Crippen molar-refractivity contribution in [3.63, 3.8) is 0 Å². The molecule has 0 aromatic carbocycles. The van der Waals surface area contributed by atoms with Crippen LogP contribution in [0.25, 0.3) is 0 Å². The number of nitrogens with zero attached hydrogens (tertiary/aromatic N) is 1. The minimum absolute atomic E-state index is 0.676. The number of aromatic carboxylic acids is 1. The summed E-state index contributed by atoms with van der Waals surface area (Å²) in [4.78, 5) is 13.4. The van der Waals surface area contributed by atoms with Gasteiger partial charge in [-0.1, -0.05) is 0 Å². The van der Waals surface area contributed by atoms with Gasteiger partial charge in [0.2, 0.25) is 0 Å². The van der Waals surface area contributed by atoms with Crippen LogP contribution in [0.4, 0.5) is 4.39 Å². The molecule has 0 unspecified atom stereocenters. The van der Waals surface area contributed by atoms with Crippen LogP contribution in [0.15, 0.2) is 12.3 Å². The number of aromatic hydroxyl groups is 1. The van der Waals surface area contributed by atoms with Crippen molar-refractivity contribution in [2.45, 2.75) is 0 Å². The van der Waals surface area contributed by atoms with Gasteiger partial charge in [0.15, 0.2) is 17.3 Å². The van der Waals surface area contributed by atoms with Gasteiger partial charge in [-0.05, 0) is 6.07 Å². The molecule has 0 amide bonds. The van der Waals surface area contributed by atoms with E-state index >= 15 is 0 Å². The average molecular weight is 157 g/mol. The van der Waals surface area contributed by atoms with Crippen LogP contribution < -0.4 is 0 Å². The second-order valence-corrected chi connectivity index (χ2v) is 1.80. The van der Waals surface area contributed by atoms with Crippen LogP contribution in [-0.2, 0) is 0 Å². The maximum absolute atomic E-state index is 12.4. The van der Waals surface area contributed by atoms with E-state index in [4.69, 9.17) is 10.2 Å². The Morgan fingerprint density at radius 2 is 2.27 bits per heavy atom. The minimum Gasteiger partial charge on any atom is -0.503 e. The van der Waals surface area contributed by atoms with Crippen molar-refractivity contribution in [2.24, 2.45) is 0 Å². The quantitative estimate of drug-likeness (QED) is 0.627. The average Bonchev–Trinajstić information content (AvgIpc) is 1.94. The number of carbonyl (C=O) groups is 1. The van der Waals surface area contributed by atoms with Gasteiger partial charge in [-0.15, -0.1) is 0 Å². The molecule has 0 aliphatic rings. The maximum Gasteiger partial charge on any atom is 0.358 e. The van der Waals surface area contributed by atoms with Crippen molar-refractivity contribution in [1.82, 2.24) is 4.98 Å². The van der Waals surface area contributed by atoms with Crippen LogP contribution in [0.5, 0.6) is 5.75 Å². The molecule has 0 spiro atoms. The Morgan fingerprint density at radius 1 is 1.64 bits per heavy atom. The summed E-state index contributed by atoms with van der Waals surface area (Å²) in [6, 6.07) is 0.877. The summed E-state index contributed by atoms with van der Waals surface area (Å²) in [5, 5.41) is 17.1. The molecule has 1 rings (SSSR count). The van der Waals surface area contributed by atoms with Crippen molar-refractivity contribution in [1.29, 1.82) is 0 Å². The molecule has 0 aliphatic carbocycles. The number of rotatable bonds is 1. The molecule has 0 aliphatic heterocycles. The molecule has 4 nitrogen and oxygen atoms in total. The van der Waals surface area contributed by atoms with Crippen LogP contribution in [-0.4, -0.2) is 21.2 Å². The molecule has 1 aromatic heterocycles. The van der Waals surface area contributed by atoms with E-state index in [0.29, 0.717) is 0 Å². The lowest BCUT2D eigenvalue weighted by Crippen LogP contribution is -2.01. The van der Waals surface area contributed by atoms with Crippen LogP contribution in [0.3, 0.4) is 0 Å². The third-order valence-corrected chi connectivity index (χ3v) is 1.08. The number of carboxylic acids is 1. The Bertz CT molecular complexity index is 300. The summed E-state index contributed by atoms with van der Waals surface area (Å²) in [5.41, 5.74) is -0.676. The van der Waals surface area contributed by atoms with Crippen LogP contribution >= 0.6 is 0 Å². The fourth-order valence-corrected chi connectivity index (χ4v) is 0.587. The molecular weight excluding hydrogens is 153 g/mol. The van der Waals surface area contributed by atoms with E-state index in [-0.39, 0.29) is 0 Å². The Kier molecular flexibility index (Phi) is 1.72. The zero-order chi connectivity index (χ0) is 8.43. The number of aromatic nitrogens is 1. The summed E-state index contributed by atoms with van der Waals surface area (Å²) >= 11 is 0. The maximum atomic E-state index is 12.4. The van der Waals surface area contributed by atoms with E-state index in [2.05, 4.69) is 4.98 Å². The Hall–Kier alpha value is -1.65. The predicted octanol–water partition coefficient (Wildman–Crippen LogP) is 0.624. The number of carboxylic acid groups (broad SMARTS) is 1. The first kappa shape index (κ1) is 7.46. The molecule has 0 saturated heterocycles. The molecule has 0 atom stereocenters. The number of hydrogen-bond donors (Lipinski definition) is 2. The van der Waals surface area contributed by atoms with Crippen LogP contribution in [0, 0.1) is 5.82 Å². The van der Waals surface area contributed by atoms with Gasteiger partial charge in [0.1, 0.15) is 0 Å². The summed E-state index contributed by atoms with van der Waals surface area (Å²) < 4.78 is 12.4. The van der Waals surface area contributed by atoms with E-state index in [1.807, 2.05) is 0 Å². The van der Waals surface area contributed by atoms with Gasteiger partial charge in [-0.25, -0.2) is 14.2 Å². The predicted molar refractivity (Wildman–Crippen MR) is 32.8 cm³/mol. The summed E-state index contributed by atoms with van der Waals surface area (Å²) in [6.45, 7) is 0. The molecule has 0 bridgehead atoms. The third kappa shape index (κ3) is 1.26. The van der Waals surface area contributed by atoms with E-state index in [1.54, 1.807) is 0 Å². The first-order valence-electron chi connectivity index (χ1n) is 2.69. The van der Waals surface area contributed by atoms with Gasteiger partial charge in [0.25, 0.3) is 0 Å². The van der Waals surface area contributed by atoms with Crippen LogP contribution in [0.2, 0.25) is 0 Å². The topological polar surface area (TPSA) is 70.4 Å². The van der Waals surface area contributed by atoms with E-state index < -0.39 is 23.2 Å². The van der Waals surface area contributed by atoms with E-state index in [1.165, 1.54) is 0 Å². The van der Waals surface area contributed by atoms with Crippen molar-refractivity contribution >= 4 is 5.97 Å². The van der Waals surface area contributed by atoms with Crippen molar-refractivity contribution in [3.8, 4) is 5.75 Å². The monoisotopic (exact) mass is 157 g/mol. The highest BCUT2D eigenvalue weighted by Gasteiger charge is 2.13. The Labute approximate surface area is 60.9 Å². The normalized spacial score (nSPS) is 9.55. The molecule has 2 N–H and O–H groups in total. The molecule has 0 fully saturated rings. The van der Waals surface area contributed by atoms with Gasteiger partial charge in [0, 0.05) is 6.20 Å². The summed E-state index contributed by atoms with van der Waals surface area (Å²) in [5.74, 6) is -3.38. The van der Waals surface area contributed by atoms with Crippen molar-refractivity contribution in [3.05, 3.63) is 23.8 Å². The lowest BCUT2D eigenvalue weighted by atomic mass is 10.3. The molecule has 1 aromatic rings. The minimum atomic E-state index is -1.46. The fraction of sp³-hybridized carbons (Fsp3) is 0. The Morgan fingerprint density at radius 3 is 2.73 bits per heavy atom. The standard InChI is InChI=1S/C6H4FNO3/c7-3-1-2-8-4(5(3)9)6(10)11/h1-2,9H,(H,10,11). The first-order valence-corrected chi connectivity index (χ1v) is 2.69. The highest BCUT2D eigenvalue weighted by Crippen LogP contribution is 2.17. The SMILES string of the molecule is O=C(O)c1nccc(F)c1O. The summed E-state index contributed by atoms with van der Waals surface area (Å²) in [6.07, 6.45) is 0.971. The second-order valence-electron chi connectivity index (χ2n) is 1.80. The number of halogens is 1. The highest BCUT2D eigenvalue weighted by molar-refractivity contribution is 5.88. The third-order valence-electron chi connectivity index (χ3n) is 1.08. The summed E-state index contributed by atoms with van der Waals surface area (Å²) in [7, 11) is 0. The van der Waals surface area contributed by atoms with Gasteiger partial charge in [-0.3, -0.25) is 0 Å². The molecule has 58 valence electrons. The lowest BCUT2D eigenvalue weighted by Gasteiger charge is -1.96. The van der Waals surface area contributed by atoms with Crippen molar-refractivity contribution in [2.75, 3.05) is 0 Å². The van der Waals surface area contributed by atoms with Gasteiger partial charge in [0.05, 0.1) is 0 Å². The number of pyridine rings is 1. The smallest absolute Gasteiger partial charge is 0.358 e. The van der Waals surface area contributed by atoms with Gasteiger partial charge in [-0.2, -0.15) is 0 Å².